The molecule has 0 saturated carbocycles. The first-order valence-corrected chi connectivity index (χ1v) is 9.35. The number of nitrogens with zero attached hydrogens (tertiary/aromatic N) is 1. The summed E-state index contributed by atoms with van der Waals surface area (Å²) in [7, 11) is 0. The number of hydrogen-bond donors (Lipinski definition) is 1. The van der Waals surface area contributed by atoms with Crippen LogP contribution in [0, 0.1) is 5.92 Å². The van der Waals surface area contributed by atoms with Gasteiger partial charge in [0.2, 0.25) is 0 Å². The van der Waals surface area contributed by atoms with E-state index in [-0.39, 0.29) is 5.91 Å². The van der Waals surface area contributed by atoms with Crippen LogP contribution in [0.1, 0.15) is 22.5 Å². The van der Waals surface area contributed by atoms with Crippen LogP contribution in [0.3, 0.4) is 0 Å². The molecule has 0 aliphatic carbocycles. The third kappa shape index (κ3) is 3.62. The zero-order valence-electron chi connectivity index (χ0n) is 12.4. The molecule has 0 unspecified atom stereocenters. The molecule has 116 valence electrons. The summed E-state index contributed by atoms with van der Waals surface area (Å²) in [6, 6.07) is 8.13. The topological polar surface area (TPSA) is 51.2 Å². The molecule has 0 saturated heterocycles. The van der Waals surface area contributed by atoms with Crippen molar-refractivity contribution < 1.29 is 9.53 Å². The number of thioether (sulfide) groups is 1. The van der Waals surface area contributed by atoms with E-state index in [1.807, 2.05) is 29.8 Å². The quantitative estimate of drug-likeness (QED) is 0.872. The number of carbonyl (C=O) groups excluding carboxylic acids is 1. The van der Waals surface area contributed by atoms with Gasteiger partial charge >= 0.3 is 0 Å². The fourth-order valence-electron chi connectivity index (χ4n) is 2.52. The lowest BCUT2D eigenvalue weighted by Crippen LogP contribution is -2.30. The molecule has 3 rings (SSSR count). The van der Waals surface area contributed by atoms with Crippen molar-refractivity contribution in [2.45, 2.75) is 17.2 Å². The van der Waals surface area contributed by atoms with Crippen LogP contribution in [0.4, 0.5) is 0 Å². The zero-order chi connectivity index (χ0) is 15.4. The van der Waals surface area contributed by atoms with Crippen molar-refractivity contribution >= 4 is 29.0 Å². The maximum atomic E-state index is 12.1. The van der Waals surface area contributed by atoms with Gasteiger partial charge < -0.3 is 10.1 Å². The molecule has 1 N–H and O–H groups in total. The van der Waals surface area contributed by atoms with Crippen molar-refractivity contribution in [1.82, 2.24) is 10.3 Å². The molecule has 1 aliphatic heterocycles. The lowest BCUT2D eigenvalue weighted by Gasteiger charge is -2.14. The standard InChI is InChI=1S/C16H18N2O2S2/c1-21-16-18-13(10-22-16)15(19)17-9-11-6-7-20-14-5-3-2-4-12(14)8-11/h2-5,10-11H,6-9H2,1H3,(H,17,19)/t11-/m1/s1. The molecule has 1 amide bonds. The summed E-state index contributed by atoms with van der Waals surface area (Å²) in [5, 5.41) is 4.82. The van der Waals surface area contributed by atoms with Gasteiger partial charge in [-0.15, -0.1) is 11.3 Å². The minimum atomic E-state index is -0.0880. The Morgan fingerprint density at radius 2 is 2.36 bits per heavy atom. The molecule has 1 aromatic heterocycles. The second-order valence-corrected chi connectivity index (χ2v) is 7.14. The van der Waals surface area contributed by atoms with E-state index < -0.39 is 0 Å². The number of carbonyl (C=O) groups is 1. The number of benzene rings is 1. The zero-order valence-corrected chi connectivity index (χ0v) is 14.0. The molecule has 22 heavy (non-hydrogen) atoms. The monoisotopic (exact) mass is 334 g/mol. The number of nitrogens with one attached hydrogen (secondary N) is 1. The van der Waals surface area contributed by atoms with Crippen LogP contribution in [0.15, 0.2) is 34.0 Å². The molecule has 0 spiro atoms. The molecular formula is C16H18N2O2S2. The van der Waals surface area contributed by atoms with Crippen LogP contribution in [-0.2, 0) is 6.42 Å². The molecule has 0 radical (unpaired) electrons. The van der Waals surface area contributed by atoms with E-state index in [2.05, 4.69) is 16.4 Å². The number of thiazole rings is 1. The van der Waals surface area contributed by atoms with E-state index >= 15 is 0 Å². The van der Waals surface area contributed by atoms with Crippen molar-refractivity contribution in [3.63, 3.8) is 0 Å². The number of fused-ring (bicyclic) bond motifs is 1. The van der Waals surface area contributed by atoms with E-state index in [4.69, 9.17) is 4.74 Å². The van der Waals surface area contributed by atoms with Gasteiger partial charge in [-0.3, -0.25) is 4.79 Å². The smallest absolute Gasteiger partial charge is 0.270 e. The largest absolute Gasteiger partial charge is 0.493 e. The van der Waals surface area contributed by atoms with Crippen LogP contribution in [0.25, 0.3) is 0 Å². The Bertz CT molecular complexity index is 657. The number of rotatable bonds is 4. The highest BCUT2D eigenvalue weighted by Gasteiger charge is 2.19. The minimum Gasteiger partial charge on any atom is -0.493 e. The number of ether oxygens (including phenoxy) is 1. The van der Waals surface area contributed by atoms with E-state index in [1.165, 1.54) is 16.9 Å². The van der Waals surface area contributed by atoms with Crippen molar-refractivity contribution in [1.29, 1.82) is 0 Å². The van der Waals surface area contributed by atoms with Crippen molar-refractivity contribution in [2.75, 3.05) is 19.4 Å². The van der Waals surface area contributed by atoms with Gasteiger partial charge in [0.25, 0.3) is 5.91 Å². The van der Waals surface area contributed by atoms with Crippen LogP contribution in [0.5, 0.6) is 5.75 Å². The molecule has 0 fully saturated rings. The van der Waals surface area contributed by atoms with Crippen molar-refractivity contribution in [3.8, 4) is 5.75 Å². The summed E-state index contributed by atoms with van der Waals surface area (Å²) in [4.78, 5) is 16.4. The fourth-order valence-corrected chi connectivity index (χ4v) is 3.76. The minimum absolute atomic E-state index is 0.0880. The molecule has 1 aromatic carbocycles. The van der Waals surface area contributed by atoms with Crippen LogP contribution in [0.2, 0.25) is 0 Å². The van der Waals surface area contributed by atoms with Gasteiger partial charge in [0, 0.05) is 11.9 Å². The third-order valence-electron chi connectivity index (χ3n) is 3.71. The van der Waals surface area contributed by atoms with Gasteiger partial charge in [-0.05, 0) is 36.6 Å². The molecule has 0 bridgehead atoms. The van der Waals surface area contributed by atoms with E-state index in [9.17, 15) is 4.79 Å². The first kappa shape index (κ1) is 15.4. The van der Waals surface area contributed by atoms with Gasteiger partial charge in [0.1, 0.15) is 15.8 Å². The van der Waals surface area contributed by atoms with E-state index in [0.717, 1.165) is 22.9 Å². The van der Waals surface area contributed by atoms with Gasteiger partial charge in [-0.1, -0.05) is 30.0 Å². The predicted molar refractivity (Wildman–Crippen MR) is 90.0 cm³/mol. The lowest BCUT2D eigenvalue weighted by molar-refractivity contribution is 0.0940. The molecule has 1 atom stereocenters. The summed E-state index contributed by atoms with van der Waals surface area (Å²) in [6.07, 6.45) is 3.84. The summed E-state index contributed by atoms with van der Waals surface area (Å²) in [5.41, 5.74) is 1.73. The lowest BCUT2D eigenvalue weighted by atomic mass is 9.97. The highest BCUT2D eigenvalue weighted by atomic mass is 32.2. The summed E-state index contributed by atoms with van der Waals surface area (Å²) in [5.74, 6) is 1.28. The van der Waals surface area contributed by atoms with Crippen LogP contribution >= 0.6 is 23.1 Å². The fraction of sp³-hybridized carbons (Fsp3) is 0.375. The number of hydrogen-bond acceptors (Lipinski definition) is 5. The SMILES string of the molecule is CSc1nc(C(=O)NC[C@@H]2CCOc3ccccc3C2)cs1. The Labute approximate surface area is 138 Å². The Hall–Kier alpha value is -1.53. The Morgan fingerprint density at radius 3 is 3.18 bits per heavy atom. The summed E-state index contributed by atoms with van der Waals surface area (Å²) in [6.45, 7) is 1.35. The molecule has 2 heterocycles. The van der Waals surface area contributed by atoms with Crippen molar-refractivity contribution in [2.24, 2.45) is 5.92 Å². The third-order valence-corrected chi connectivity index (χ3v) is 5.57. The number of para-hydroxylation sites is 1. The second-order valence-electron chi connectivity index (χ2n) is 5.23. The second kappa shape index (κ2) is 7.15. The highest BCUT2D eigenvalue weighted by Crippen LogP contribution is 2.26. The number of amides is 1. The molecule has 1 aliphatic rings. The van der Waals surface area contributed by atoms with Crippen LogP contribution in [-0.4, -0.2) is 30.3 Å². The highest BCUT2D eigenvalue weighted by molar-refractivity contribution is 8.00. The van der Waals surface area contributed by atoms with E-state index in [1.54, 1.807) is 11.8 Å². The Morgan fingerprint density at radius 1 is 1.50 bits per heavy atom. The number of aromatic nitrogens is 1. The van der Waals surface area contributed by atoms with Crippen LogP contribution < -0.4 is 10.1 Å². The Balaban J connectivity index is 1.58. The van der Waals surface area contributed by atoms with Gasteiger partial charge in [-0.25, -0.2) is 4.98 Å². The van der Waals surface area contributed by atoms with Gasteiger partial charge in [0.05, 0.1) is 6.61 Å². The van der Waals surface area contributed by atoms with Gasteiger partial charge in [0.15, 0.2) is 0 Å². The molecule has 6 heteroatoms. The summed E-state index contributed by atoms with van der Waals surface area (Å²) < 4.78 is 6.68. The summed E-state index contributed by atoms with van der Waals surface area (Å²) >= 11 is 3.06. The van der Waals surface area contributed by atoms with Crippen molar-refractivity contribution in [3.05, 3.63) is 40.9 Å². The predicted octanol–water partition coefficient (Wildman–Crippen LogP) is 3.24. The van der Waals surface area contributed by atoms with Gasteiger partial charge in [-0.2, -0.15) is 0 Å². The first-order valence-electron chi connectivity index (χ1n) is 7.24. The normalized spacial score (nSPS) is 17.2. The maximum Gasteiger partial charge on any atom is 0.270 e. The Kier molecular flexibility index (Phi) is 5.00. The first-order chi connectivity index (χ1) is 10.8. The molecule has 2 aromatic rings. The maximum absolute atomic E-state index is 12.1. The van der Waals surface area contributed by atoms with E-state index in [0.29, 0.717) is 24.8 Å². The average molecular weight is 334 g/mol. The molecular weight excluding hydrogens is 316 g/mol. The average Bonchev–Trinajstić information content (AvgIpc) is 2.93. The molecule has 4 nitrogen and oxygen atoms in total.